The molecule has 15 heavy (non-hydrogen) atoms. The number of methoxy groups -OCH3 is 1. The van der Waals surface area contributed by atoms with Gasteiger partial charge in [0.05, 0.1) is 6.61 Å². The Hall–Kier alpha value is -0.880. The van der Waals surface area contributed by atoms with Crippen LogP contribution < -0.4 is 10.6 Å². The first-order valence-electron chi connectivity index (χ1n) is 4.73. The Morgan fingerprint density at radius 1 is 1.53 bits per heavy atom. The van der Waals surface area contributed by atoms with Crippen molar-refractivity contribution in [1.29, 1.82) is 0 Å². The second-order valence-electron chi connectivity index (χ2n) is 3.35. The molecular weight excluding hydrogens is 214 g/mol. The molecule has 5 nitrogen and oxygen atoms in total. The molecule has 0 saturated heterocycles. The lowest BCUT2D eigenvalue weighted by Crippen LogP contribution is -2.48. The summed E-state index contributed by atoms with van der Waals surface area (Å²) in [6.07, 6.45) is 0. The van der Waals surface area contributed by atoms with E-state index in [1.54, 1.807) is 28.1 Å². The van der Waals surface area contributed by atoms with Crippen LogP contribution >= 0.6 is 12.2 Å². The first-order valence-corrected chi connectivity index (χ1v) is 5.14. The van der Waals surface area contributed by atoms with Crippen LogP contribution in [0.4, 0.5) is 0 Å². The molecule has 0 radical (unpaired) electrons. The number of thiocarbonyl (C=S) groups is 1. The van der Waals surface area contributed by atoms with Crippen molar-refractivity contribution in [3.8, 4) is 0 Å². The fraction of sp³-hybridized carbons (Fsp3) is 0.778. The minimum Gasteiger partial charge on any atom is -0.383 e. The van der Waals surface area contributed by atoms with Crippen LogP contribution in [0.25, 0.3) is 0 Å². The van der Waals surface area contributed by atoms with Crippen molar-refractivity contribution in [3.63, 3.8) is 0 Å². The summed E-state index contributed by atoms with van der Waals surface area (Å²) in [6.45, 7) is 2.98. The number of hydrogen-bond donors (Lipinski definition) is 2. The zero-order valence-electron chi connectivity index (χ0n) is 9.66. The SMILES string of the molecule is COCCNC(=S)NC(C)C(=O)N(C)C. The van der Waals surface area contributed by atoms with Crippen molar-refractivity contribution in [1.82, 2.24) is 15.5 Å². The van der Waals surface area contributed by atoms with Gasteiger partial charge in [0.2, 0.25) is 5.91 Å². The van der Waals surface area contributed by atoms with Gasteiger partial charge in [0.1, 0.15) is 6.04 Å². The topological polar surface area (TPSA) is 53.6 Å². The lowest BCUT2D eigenvalue weighted by molar-refractivity contribution is -0.130. The average Bonchev–Trinajstić information content (AvgIpc) is 2.16. The first-order chi connectivity index (χ1) is 6.99. The lowest BCUT2D eigenvalue weighted by Gasteiger charge is -2.19. The number of likely N-dealkylation sites (N-methyl/N-ethyl adjacent to an activating group) is 1. The number of ether oxygens (including phenoxy) is 1. The standard InChI is InChI=1S/C9H19N3O2S/c1-7(8(13)12(2)3)11-9(15)10-5-6-14-4/h7H,5-6H2,1-4H3,(H2,10,11,15). The van der Waals surface area contributed by atoms with E-state index in [1.165, 1.54) is 4.90 Å². The largest absolute Gasteiger partial charge is 0.383 e. The summed E-state index contributed by atoms with van der Waals surface area (Å²) in [4.78, 5) is 13.0. The van der Waals surface area contributed by atoms with Gasteiger partial charge in [-0.05, 0) is 19.1 Å². The third-order valence-electron chi connectivity index (χ3n) is 1.75. The van der Waals surface area contributed by atoms with Gasteiger partial charge in [-0.3, -0.25) is 4.79 Å². The van der Waals surface area contributed by atoms with Crippen molar-refractivity contribution in [3.05, 3.63) is 0 Å². The molecule has 1 unspecified atom stereocenters. The smallest absolute Gasteiger partial charge is 0.244 e. The number of nitrogens with one attached hydrogen (secondary N) is 2. The van der Waals surface area contributed by atoms with Crippen LogP contribution in [0.15, 0.2) is 0 Å². The highest BCUT2D eigenvalue weighted by Crippen LogP contribution is 1.88. The van der Waals surface area contributed by atoms with Crippen LogP contribution in [0.1, 0.15) is 6.92 Å². The Morgan fingerprint density at radius 3 is 2.60 bits per heavy atom. The second kappa shape index (κ2) is 7.42. The molecule has 2 N–H and O–H groups in total. The molecular formula is C9H19N3O2S. The number of nitrogens with zero attached hydrogens (tertiary/aromatic N) is 1. The van der Waals surface area contributed by atoms with Gasteiger partial charge >= 0.3 is 0 Å². The van der Waals surface area contributed by atoms with Gasteiger partial charge in [-0.15, -0.1) is 0 Å². The number of rotatable bonds is 5. The van der Waals surface area contributed by atoms with E-state index in [0.717, 1.165) is 0 Å². The summed E-state index contributed by atoms with van der Waals surface area (Å²) in [7, 11) is 5.04. The van der Waals surface area contributed by atoms with Crippen molar-refractivity contribution in [2.24, 2.45) is 0 Å². The third-order valence-corrected chi connectivity index (χ3v) is 2.01. The minimum absolute atomic E-state index is 0.00843. The van der Waals surface area contributed by atoms with Crippen LogP contribution in [0.2, 0.25) is 0 Å². The van der Waals surface area contributed by atoms with Gasteiger partial charge in [0, 0.05) is 27.7 Å². The number of carbonyl (C=O) groups is 1. The minimum atomic E-state index is -0.317. The summed E-state index contributed by atoms with van der Waals surface area (Å²) in [6, 6.07) is -0.317. The van der Waals surface area contributed by atoms with Crippen LogP contribution in [0, 0.1) is 0 Å². The molecule has 1 atom stereocenters. The van der Waals surface area contributed by atoms with Crippen LogP contribution in [-0.4, -0.2) is 56.3 Å². The molecule has 0 bridgehead atoms. The van der Waals surface area contributed by atoms with E-state index in [0.29, 0.717) is 18.3 Å². The number of amides is 1. The van der Waals surface area contributed by atoms with E-state index in [1.807, 2.05) is 0 Å². The monoisotopic (exact) mass is 233 g/mol. The van der Waals surface area contributed by atoms with E-state index in [4.69, 9.17) is 17.0 Å². The highest BCUT2D eigenvalue weighted by atomic mass is 32.1. The van der Waals surface area contributed by atoms with Crippen molar-refractivity contribution < 1.29 is 9.53 Å². The molecule has 0 saturated carbocycles. The summed E-state index contributed by atoms with van der Waals surface area (Å²) >= 11 is 5.00. The van der Waals surface area contributed by atoms with Gasteiger partial charge in [-0.2, -0.15) is 0 Å². The molecule has 0 aromatic heterocycles. The van der Waals surface area contributed by atoms with Crippen molar-refractivity contribution in [2.45, 2.75) is 13.0 Å². The summed E-state index contributed by atoms with van der Waals surface area (Å²) < 4.78 is 4.86. The van der Waals surface area contributed by atoms with Crippen molar-refractivity contribution in [2.75, 3.05) is 34.4 Å². The van der Waals surface area contributed by atoms with E-state index < -0.39 is 0 Å². The van der Waals surface area contributed by atoms with Crippen LogP contribution in [0.5, 0.6) is 0 Å². The Morgan fingerprint density at radius 2 is 2.13 bits per heavy atom. The lowest BCUT2D eigenvalue weighted by atomic mass is 10.3. The van der Waals surface area contributed by atoms with Gasteiger partial charge in [0.15, 0.2) is 5.11 Å². The van der Waals surface area contributed by atoms with Gasteiger partial charge < -0.3 is 20.3 Å². The zero-order chi connectivity index (χ0) is 11.8. The average molecular weight is 233 g/mol. The van der Waals surface area contributed by atoms with E-state index >= 15 is 0 Å². The van der Waals surface area contributed by atoms with Crippen LogP contribution in [0.3, 0.4) is 0 Å². The molecule has 0 aromatic rings. The maximum Gasteiger partial charge on any atom is 0.244 e. The molecule has 0 rings (SSSR count). The number of carbonyl (C=O) groups excluding carboxylic acids is 1. The van der Waals surface area contributed by atoms with Crippen molar-refractivity contribution >= 4 is 23.2 Å². The summed E-state index contributed by atoms with van der Waals surface area (Å²) in [5, 5.41) is 6.29. The third kappa shape index (κ3) is 6.24. The molecule has 6 heteroatoms. The molecule has 0 spiro atoms. The highest BCUT2D eigenvalue weighted by molar-refractivity contribution is 7.80. The van der Waals surface area contributed by atoms with Gasteiger partial charge in [0.25, 0.3) is 0 Å². The fourth-order valence-corrected chi connectivity index (χ4v) is 1.24. The Kier molecular flexibility index (Phi) is 6.98. The van der Waals surface area contributed by atoms with Crippen LogP contribution in [-0.2, 0) is 9.53 Å². The predicted octanol–water partition coefficient (Wildman–Crippen LogP) is -0.426. The Labute approximate surface area is 96.2 Å². The number of hydrogen-bond acceptors (Lipinski definition) is 3. The fourth-order valence-electron chi connectivity index (χ4n) is 0.963. The Bertz CT molecular complexity index is 221. The normalized spacial score (nSPS) is 11.7. The molecule has 0 aromatic carbocycles. The maximum atomic E-state index is 11.5. The molecule has 0 aliphatic heterocycles. The molecule has 88 valence electrons. The zero-order valence-corrected chi connectivity index (χ0v) is 10.5. The molecule has 0 aliphatic rings. The first kappa shape index (κ1) is 14.1. The quantitative estimate of drug-likeness (QED) is 0.499. The highest BCUT2D eigenvalue weighted by Gasteiger charge is 2.14. The molecule has 0 heterocycles. The maximum absolute atomic E-state index is 11.5. The Balaban J connectivity index is 3.81. The molecule has 1 amide bonds. The summed E-state index contributed by atoms with van der Waals surface area (Å²) in [5.41, 5.74) is 0. The van der Waals surface area contributed by atoms with E-state index in [-0.39, 0.29) is 11.9 Å². The summed E-state index contributed by atoms with van der Waals surface area (Å²) in [5.74, 6) is -0.00843. The second-order valence-corrected chi connectivity index (χ2v) is 3.76. The predicted molar refractivity (Wildman–Crippen MR) is 63.8 cm³/mol. The van der Waals surface area contributed by atoms with E-state index in [9.17, 15) is 4.79 Å². The van der Waals surface area contributed by atoms with E-state index in [2.05, 4.69) is 10.6 Å². The van der Waals surface area contributed by atoms with Gasteiger partial charge in [-0.25, -0.2) is 0 Å². The van der Waals surface area contributed by atoms with Gasteiger partial charge in [-0.1, -0.05) is 0 Å². The molecule has 0 aliphatic carbocycles. The molecule has 0 fully saturated rings.